The molecular weight excluding hydrogens is 240 g/mol. The van der Waals surface area contributed by atoms with Gasteiger partial charge in [0.1, 0.15) is 5.75 Å². The van der Waals surface area contributed by atoms with E-state index in [0.717, 1.165) is 4.90 Å². The van der Waals surface area contributed by atoms with E-state index < -0.39 is 5.97 Å². The second-order valence-corrected chi connectivity index (χ2v) is 4.41. The van der Waals surface area contributed by atoms with Crippen molar-refractivity contribution in [2.75, 3.05) is 0 Å². The van der Waals surface area contributed by atoms with Gasteiger partial charge in [-0.25, -0.2) is 4.79 Å². The molecule has 0 atom stereocenters. The van der Waals surface area contributed by atoms with Gasteiger partial charge in [-0.05, 0) is 30.3 Å². The molecule has 0 aliphatic carbocycles. The summed E-state index contributed by atoms with van der Waals surface area (Å²) in [5.74, 6) is -0.348. The van der Waals surface area contributed by atoms with Crippen LogP contribution in [0, 0.1) is 0 Å². The van der Waals surface area contributed by atoms with Crippen molar-refractivity contribution >= 4 is 17.7 Å². The zero-order valence-electron chi connectivity index (χ0n) is 8.79. The molecule has 1 aromatic carbocycles. The number of thioether (sulfide) groups is 1. The number of carboxylic acids is 1. The number of furan rings is 1. The second kappa shape index (κ2) is 4.97. The molecule has 0 unspecified atom stereocenters. The lowest BCUT2D eigenvalue weighted by Crippen LogP contribution is -1.97. The van der Waals surface area contributed by atoms with Gasteiger partial charge in [0.25, 0.3) is 0 Å². The van der Waals surface area contributed by atoms with Crippen LogP contribution < -0.4 is 0 Å². The van der Waals surface area contributed by atoms with Crippen molar-refractivity contribution in [2.45, 2.75) is 10.6 Å². The maximum absolute atomic E-state index is 10.8. The molecule has 0 amide bonds. The monoisotopic (exact) mass is 250 g/mol. The number of aromatic carboxylic acids is 1. The Morgan fingerprint density at radius 1 is 1.24 bits per heavy atom. The molecule has 0 saturated heterocycles. The van der Waals surface area contributed by atoms with Crippen LogP contribution in [0.5, 0.6) is 5.75 Å². The molecule has 0 fully saturated rings. The van der Waals surface area contributed by atoms with Gasteiger partial charge in [-0.1, -0.05) is 0 Å². The molecule has 88 valence electrons. The van der Waals surface area contributed by atoms with Crippen LogP contribution in [-0.2, 0) is 5.75 Å². The Morgan fingerprint density at radius 2 is 1.94 bits per heavy atom. The zero-order valence-corrected chi connectivity index (χ0v) is 9.61. The highest BCUT2D eigenvalue weighted by Crippen LogP contribution is 2.26. The molecule has 2 aromatic rings. The number of carbonyl (C=O) groups is 1. The van der Waals surface area contributed by atoms with E-state index in [1.54, 1.807) is 30.3 Å². The maximum atomic E-state index is 10.8. The third-order valence-corrected chi connectivity index (χ3v) is 3.23. The van der Waals surface area contributed by atoms with Crippen LogP contribution in [0.2, 0.25) is 0 Å². The summed E-state index contributed by atoms with van der Waals surface area (Å²) in [6.07, 6.45) is 1.37. The van der Waals surface area contributed by atoms with E-state index in [4.69, 9.17) is 14.6 Å². The van der Waals surface area contributed by atoms with E-state index >= 15 is 0 Å². The number of rotatable bonds is 4. The SMILES string of the molecule is O=C(O)c1occc1CSc1ccc(O)cc1. The summed E-state index contributed by atoms with van der Waals surface area (Å²) in [7, 11) is 0. The van der Waals surface area contributed by atoms with Crippen LogP contribution in [0.25, 0.3) is 0 Å². The Labute approximate surface area is 102 Å². The minimum absolute atomic E-state index is 0.0173. The fourth-order valence-corrected chi connectivity index (χ4v) is 2.22. The van der Waals surface area contributed by atoms with Gasteiger partial charge in [0.15, 0.2) is 0 Å². The minimum atomic E-state index is -1.06. The first-order chi connectivity index (χ1) is 8.16. The first kappa shape index (κ1) is 11.6. The highest BCUT2D eigenvalue weighted by molar-refractivity contribution is 7.98. The first-order valence-electron chi connectivity index (χ1n) is 4.88. The largest absolute Gasteiger partial charge is 0.508 e. The Kier molecular flexibility index (Phi) is 3.39. The van der Waals surface area contributed by atoms with E-state index in [2.05, 4.69) is 0 Å². The van der Waals surface area contributed by atoms with Crippen LogP contribution in [0.3, 0.4) is 0 Å². The molecule has 5 heteroatoms. The van der Waals surface area contributed by atoms with E-state index in [1.807, 2.05) is 0 Å². The summed E-state index contributed by atoms with van der Waals surface area (Å²) in [5, 5.41) is 18.0. The lowest BCUT2D eigenvalue weighted by Gasteiger charge is -2.01. The first-order valence-corrected chi connectivity index (χ1v) is 5.87. The van der Waals surface area contributed by atoms with Crippen LogP contribution in [0.15, 0.2) is 45.9 Å². The predicted molar refractivity (Wildman–Crippen MR) is 63.3 cm³/mol. The summed E-state index contributed by atoms with van der Waals surface area (Å²) in [6, 6.07) is 8.39. The van der Waals surface area contributed by atoms with Crippen LogP contribution in [0.4, 0.5) is 0 Å². The highest BCUT2D eigenvalue weighted by atomic mass is 32.2. The molecule has 2 N–H and O–H groups in total. The standard InChI is InChI=1S/C12H10O4S/c13-9-1-3-10(4-2-9)17-7-8-5-6-16-11(8)12(14)15/h1-6,13H,7H2,(H,14,15). The van der Waals surface area contributed by atoms with Crippen LogP contribution in [0.1, 0.15) is 16.1 Å². The quantitative estimate of drug-likeness (QED) is 0.816. The van der Waals surface area contributed by atoms with Crippen molar-refractivity contribution in [1.29, 1.82) is 0 Å². The number of hydrogen-bond acceptors (Lipinski definition) is 4. The smallest absolute Gasteiger partial charge is 0.372 e. The van der Waals surface area contributed by atoms with Gasteiger partial charge in [-0.2, -0.15) is 0 Å². The van der Waals surface area contributed by atoms with Crippen molar-refractivity contribution < 1.29 is 19.4 Å². The third kappa shape index (κ3) is 2.82. The van der Waals surface area contributed by atoms with Gasteiger partial charge in [-0.15, -0.1) is 11.8 Å². The Hall–Kier alpha value is -1.88. The number of hydrogen-bond donors (Lipinski definition) is 2. The number of phenolic OH excluding ortho intramolecular Hbond substituents is 1. The van der Waals surface area contributed by atoms with E-state index in [1.165, 1.54) is 18.0 Å². The fourth-order valence-electron chi connectivity index (χ4n) is 1.34. The summed E-state index contributed by atoms with van der Waals surface area (Å²) in [4.78, 5) is 11.8. The normalized spacial score (nSPS) is 10.4. The van der Waals surface area contributed by atoms with E-state index in [9.17, 15) is 4.79 Å². The maximum Gasteiger partial charge on any atom is 0.372 e. The average molecular weight is 250 g/mol. The van der Waals surface area contributed by atoms with Gasteiger partial charge in [-0.3, -0.25) is 0 Å². The van der Waals surface area contributed by atoms with Crippen molar-refractivity contribution in [3.05, 3.63) is 47.9 Å². The Bertz CT molecular complexity index is 516. The summed E-state index contributed by atoms with van der Waals surface area (Å²) >= 11 is 1.48. The zero-order chi connectivity index (χ0) is 12.3. The van der Waals surface area contributed by atoms with Crippen LogP contribution in [-0.4, -0.2) is 16.2 Å². The molecule has 0 aliphatic rings. The molecule has 0 radical (unpaired) electrons. The number of benzene rings is 1. The lowest BCUT2D eigenvalue weighted by atomic mass is 10.3. The van der Waals surface area contributed by atoms with Crippen molar-refractivity contribution in [1.82, 2.24) is 0 Å². The summed E-state index contributed by atoms with van der Waals surface area (Å²) in [5.41, 5.74) is 0.649. The van der Waals surface area contributed by atoms with E-state index in [0.29, 0.717) is 11.3 Å². The van der Waals surface area contributed by atoms with Crippen molar-refractivity contribution in [3.8, 4) is 5.75 Å². The Morgan fingerprint density at radius 3 is 2.59 bits per heavy atom. The topological polar surface area (TPSA) is 70.7 Å². The van der Waals surface area contributed by atoms with Gasteiger partial charge >= 0.3 is 5.97 Å². The minimum Gasteiger partial charge on any atom is -0.508 e. The van der Waals surface area contributed by atoms with Gasteiger partial charge < -0.3 is 14.6 Å². The van der Waals surface area contributed by atoms with Gasteiger partial charge in [0.2, 0.25) is 5.76 Å². The average Bonchev–Trinajstić information content (AvgIpc) is 2.76. The molecule has 2 rings (SSSR count). The van der Waals surface area contributed by atoms with Gasteiger partial charge in [0, 0.05) is 16.2 Å². The molecule has 17 heavy (non-hydrogen) atoms. The highest BCUT2D eigenvalue weighted by Gasteiger charge is 2.13. The van der Waals surface area contributed by atoms with Crippen molar-refractivity contribution in [3.63, 3.8) is 0 Å². The molecule has 1 aromatic heterocycles. The predicted octanol–water partition coefficient (Wildman–Crippen LogP) is 2.98. The van der Waals surface area contributed by atoms with Gasteiger partial charge in [0.05, 0.1) is 6.26 Å². The lowest BCUT2D eigenvalue weighted by molar-refractivity contribution is 0.0661. The summed E-state index contributed by atoms with van der Waals surface area (Å²) in [6.45, 7) is 0. The molecule has 0 spiro atoms. The molecule has 4 nitrogen and oxygen atoms in total. The van der Waals surface area contributed by atoms with E-state index in [-0.39, 0.29) is 11.5 Å². The molecule has 0 aliphatic heterocycles. The molecule has 1 heterocycles. The number of carboxylic acid groups (broad SMARTS) is 1. The Balaban J connectivity index is 2.05. The molecule has 0 saturated carbocycles. The van der Waals surface area contributed by atoms with Crippen molar-refractivity contribution in [2.24, 2.45) is 0 Å². The number of phenols is 1. The number of aromatic hydroxyl groups is 1. The summed E-state index contributed by atoms with van der Waals surface area (Å²) < 4.78 is 4.88. The molecular formula is C12H10O4S. The van der Waals surface area contributed by atoms with Crippen LogP contribution >= 0.6 is 11.8 Å². The second-order valence-electron chi connectivity index (χ2n) is 3.36. The third-order valence-electron chi connectivity index (χ3n) is 2.17. The molecule has 0 bridgehead atoms. The fraction of sp³-hybridized carbons (Fsp3) is 0.0833.